The SMILES string of the molecule is CCN(CC)C[CH-]c1ccccc1.[C-]1=CC=CC1.[Cl-].[Cl-].[Cl-].[Hf]. The van der Waals surface area contributed by atoms with Gasteiger partial charge in [0, 0.05) is 25.8 Å². The summed E-state index contributed by atoms with van der Waals surface area (Å²) in [4.78, 5) is 2.40. The van der Waals surface area contributed by atoms with Crippen molar-refractivity contribution >= 4 is 0 Å². The molecule has 0 atom stereocenters. The van der Waals surface area contributed by atoms with E-state index in [1.165, 1.54) is 5.56 Å². The molecule has 0 unspecified atom stereocenters. The topological polar surface area (TPSA) is 3.24 Å². The standard InChI is InChI=1S/C12H18N.C5H5.3ClH.Hf/c1-3-13(4-2)11-10-12-8-6-5-7-9-12;1-2-4-5-3-1;;;;/h5-10H,3-4,11H2,1-2H3;1-3H,4H2;3*1H;/q2*-1;;;;/p-3. The molecule has 0 aliphatic heterocycles. The Hall–Kier alpha value is 0.270. The van der Waals surface area contributed by atoms with Gasteiger partial charge >= 0.3 is 0 Å². The molecule has 1 aliphatic carbocycles. The summed E-state index contributed by atoms with van der Waals surface area (Å²) in [7, 11) is 0. The molecule has 0 amide bonds. The van der Waals surface area contributed by atoms with Crippen LogP contribution in [-0.4, -0.2) is 24.5 Å². The first kappa shape index (κ1) is 30.2. The van der Waals surface area contributed by atoms with E-state index in [-0.39, 0.29) is 63.1 Å². The predicted octanol–water partition coefficient (Wildman–Crippen LogP) is -5.10. The monoisotopic (exact) mass is 526 g/mol. The largest absolute Gasteiger partial charge is 1.00 e. The van der Waals surface area contributed by atoms with Gasteiger partial charge in [-0.05, 0) is 19.6 Å². The molecule has 0 bridgehead atoms. The molecule has 0 saturated carbocycles. The van der Waals surface area contributed by atoms with Crippen molar-refractivity contribution in [2.24, 2.45) is 0 Å². The molecular weight excluding hydrogens is 503 g/mol. The fourth-order valence-corrected chi connectivity index (χ4v) is 1.65. The van der Waals surface area contributed by atoms with Crippen molar-refractivity contribution in [2.75, 3.05) is 19.6 Å². The van der Waals surface area contributed by atoms with Crippen LogP contribution in [-0.2, 0) is 25.8 Å². The Kier molecular flexibility index (Phi) is 29.2. The van der Waals surface area contributed by atoms with Gasteiger partial charge in [0.15, 0.2) is 0 Å². The van der Waals surface area contributed by atoms with Gasteiger partial charge in [0.25, 0.3) is 0 Å². The molecule has 0 saturated heterocycles. The molecule has 5 heteroatoms. The molecular formula is C17H23Cl3HfN-5. The molecule has 0 heterocycles. The van der Waals surface area contributed by atoms with Crippen LogP contribution in [0.15, 0.2) is 48.6 Å². The third-order valence-electron chi connectivity index (χ3n) is 2.87. The molecule has 1 aliphatic rings. The van der Waals surface area contributed by atoms with E-state index in [0.29, 0.717) is 0 Å². The number of likely N-dealkylation sites (N-methyl/N-ethyl adjacent to an activating group) is 1. The Morgan fingerprint density at radius 3 is 2.00 bits per heavy atom. The van der Waals surface area contributed by atoms with Crippen molar-refractivity contribution < 1.29 is 63.1 Å². The minimum Gasteiger partial charge on any atom is -1.00 e. The summed E-state index contributed by atoms with van der Waals surface area (Å²) in [5, 5.41) is 0. The van der Waals surface area contributed by atoms with E-state index in [4.69, 9.17) is 0 Å². The minimum absolute atomic E-state index is 0. The van der Waals surface area contributed by atoms with Crippen molar-refractivity contribution in [1.82, 2.24) is 4.90 Å². The fourth-order valence-electron chi connectivity index (χ4n) is 1.65. The molecule has 126 valence electrons. The molecule has 0 aromatic heterocycles. The van der Waals surface area contributed by atoms with Crippen molar-refractivity contribution in [3.8, 4) is 0 Å². The Morgan fingerprint density at radius 2 is 1.64 bits per heavy atom. The summed E-state index contributed by atoms with van der Waals surface area (Å²) in [5.74, 6) is 0. The van der Waals surface area contributed by atoms with Crippen LogP contribution < -0.4 is 37.2 Å². The molecule has 1 aromatic rings. The first-order chi connectivity index (χ1) is 8.86. The maximum absolute atomic E-state index is 2.99. The smallest absolute Gasteiger partial charge is 0 e. The Bertz CT molecular complexity index is 355. The van der Waals surface area contributed by atoms with Gasteiger partial charge in [0.1, 0.15) is 0 Å². The zero-order valence-corrected chi connectivity index (χ0v) is 19.0. The number of hydrogen-bond donors (Lipinski definition) is 0. The molecule has 2 rings (SSSR count). The summed E-state index contributed by atoms with van der Waals surface area (Å²) in [5.41, 5.74) is 1.31. The maximum Gasteiger partial charge on any atom is 0 e. The number of nitrogens with zero attached hydrogens (tertiary/aromatic N) is 1. The van der Waals surface area contributed by atoms with Crippen molar-refractivity contribution in [2.45, 2.75) is 20.3 Å². The third-order valence-corrected chi connectivity index (χ3v) is 2.87. The van der Waals surface area contributed by atoms with Gasteiger partial charge in [0.05, 0.1) is 0 Å². The molecule has 1 nitrogen and oxygen atoms in total. The molecule has 1 aromatic carbocycles. The van der Waals surface area contributed by atoms with Crippen molar-refractivity contribution in [3.63, 3.8) is 0 Å². The van der Waals surface area contributed by atoms with Crippen LogP contribution in [0.3, 0.4) is 0 Å². The van der Waals surface area contributed by atoms with E-state index < -0.39 is 0 Å². The fraction of sp³-hybridized carbons (Fsp3) is 0.353. The zero-order valence-electron chi connectivity index (χ0n) is 13.1. The molecule has 0 radical (unpaired) electrons. The number of allylic oxidation sites excluding steroid dienone is 4. The normalized spacial score (nSPS) is 10.1. The van der Waals surface area contributed by atoms with E-state index in [1.54, 1.807) is 0 Å². The molecule has 22 heavy (non-hydrogen) atoms. The van der Waals surface area contributed by atoms with Crippen LogP contribution in [0.4, 0.5) is 0 Å². The van der Waals surface area contributed by atoms with Crippen LogP contribution in [0.1, 0.15) is 25.8 Å². The Labute approximate surface area is 173 Å². The van der Waals surface area contributed by atoms with Crippen LogP contribution in [0, 0.1) is 12.5 Å². The van der Waals surface area contributed by atoms with Crippen LogP contribution in [0.25, 0.3) is 0 Å². The summed E-state index contributed by atoms with van der Waals surface area (Å²) in [6.45, 7) is 7.70. The first-order valence-electron chi connectivity index (χ1n) is 6.69. The van der Waals surface area contributed by atoms with Crippen LogP contribution in [0.5, 0.6) is 0 Å². The van der Waals surface area contributed by atoms with E-state index in [9.17, 15) is 0 Å². The number of benzene rings is 1. The second kappa shape index (κ2) is 21.3. The minimum atomic E-state index is 0. The quantitative estimate of drug-likeness (QED) is 0.275. The van der Waals surface area contributed by atoms with Gasteiger partial charge in [-0.1, -0.05) is 19.9 Å². The number of halogens is 3. The average molecular weight is 526 g/mol. The third kappa shape index (κ3) is 15.2. The second-order valence-electron chi connectivity index (χ2n) is 4.10. The molecule has 0 N–H and O–H groups in total. The van der Waals surface area contributed by atoms with Crippen LogP contribution in [0.2, 0.25) is 0 Å². The van der Waals surface area contributed by atoms with E-state index >= 15 is 0 Å². The van der Waals surface area contributed by atoms with Gasteiger partial charge in [0.2, 0.25) is 0 Å². The first-order valence-corrected chi connectivity index (χ1v) is 6.69. The van der Waals surface area contributed by atoms with Gasteiger partial charge in [-0.25, -0.2) is 12.2 Å². The second-order valence-corrected chi connectivity index (χ2v) is 4.10. The van der Waals surface area contributed by atoms with Gasteiger partial charge in [-0.3, -0.25) is 6.08 Å². The molecule has 0 fully saturated rings. The van der Waals surface area contributed by atoms with E-state index in [1.807, 2.05) is 12.2 Å². The average Bonchev–Trinajstić information content (AvgIpc) is 3.00. The summed E-state index contributed by atoms with van der Waals surface area (Å²) < 4.78 is 0. The van der Waals surface area contributed by atoms with Gasteiger partial charge in [-0.15, -0.1) is 18.6 Å². The van der Waals surface area contributed by atoms with Crippen molar-refractivity contribution in [1.29, 1.82) is 0 Å². The Morgan fingerprint density at radius 1 is 1.05 bits per heavy atom. The summed E-state index contributed by atoms with van der Waals surface area (Å²) >= 11 is 0. The summed E-state index contributed by atoms with van der Waals surface area (Å²) in [6, 6.07) is 10.5. The van der Waals surface area contributed by atoms with Gasteiger partial charge in [-0.2, -0.15) is 30.2 Å². The van der Waals surface area contributed by atoms with E-state index in [0.717, 1.165) is 26.1 Å². The maximum atomic E-state index is 2.99. The summed E-state index contributed by atoms with van der Waals surface area (Å²) in [6.07, 6.45) is 12.3. The van der Waals surface area contributed by atoms with E-state index in [2.05, 4.69) is 67.7 Å². The number of rotatable bonds is 5. The predicted molar refractivity (Wildman–Crippen MR) is 79.2 cm³/mol. The zero-order chi connectivity index (χ0) is 13.1. The van der Waals surface area contributed by atoms with Crippen molar-refractivity contribution in [3.05, 3.63) is 66.6 Å². The number of hydrogen-bond acceptors (Lipinski definition) is 1. The van der Waals surface area contributed by atoms with Gasteiger partial charge < -0.3 is 42.1 Å². The Balaban J connectivity index is -0.000000156. The molecule has 0 spiro atoms. The van der Waals surface area contributed by atoms with Crippen LogP contribution >= 0.6 is 0 Å².